The number of nitrogens with zero attached hydrogens (tertiary/aromatic N) is 2. The van der Waals surface area contributed by atoms with Gasteiger partial charge in [0.15, 0.2) is 0 Å². The first kappa shape index (κ1) is 16.8. The van der Waals surface area contributed by atoms with Crippen LogP contribution in [-0.2, 0) is 17.6 Å². The summed E-state index contributed by atoms with van der Waals surface area (Å²) in [7, 11) is 0. The highest BCUT2D eigenvalue weighted by molar-refractivity contribution is 5.86. The van der Waals surface area contributed by atoms with Crippen LogP contribution >= 0.6 is 0 Å². The molecular weight excluding hydrogens is 328 g/mol. The Morgan fingerprint density at radius 3 is 2.60 bits per heavy atom. The molecule has 0 saturated heterocycles. The Morgan fingerprint density at radius 2 is 1.92 bits per heavy atom. The van der Waals surface area contributed by atoms with Crippen molar-refractivity contribution in [3.8, 4) is 0 Å². The average Bonchev–Trinajstić information content (AvgIpc) is 2.57. The Hall–Kier alpha value is -3.09. The molecule has 1 aromatic heterocycles. The lowest BCUT2D eigenvalue weighted by Crippen LogP contribution is -2.37. The number of aryl methyl sites for hydroxylation is 1. The topological polar surface area (TPSA) is 64.0 Å². The molecule has 0 fully saturated rings. The van der Waals surface area contributed by atoms with Gasteiger partial charge in [-0.1, -0.05) is 37.3 Å². The van der Waals surface area contributed by atoms with Gasteiger partial charge in [-0.25, -0.2) is 18.4 Å². The van der Waals surface area contributed by atoms with Crippen molar-refractivity contribution in [3.63, 3.8) is 0 Å². The van der Waals surface area contributed by atoms with Crippen LogP contribution < -0.4 is 11.0 Å². The number of nitrogens with one attached hydrogen (secondary N) is 1. The van der Waals surface area contributed by atoms with E-state index in [1.807, 2.05) is 6.07 Å². The van der Waals surface area contributed by atoms with E-state index in [4.69, 9.17) is 0 Å². The quantitative estimate of drug-likeness (QED) is 0.792. The van der Waals surface area contributed by atoms with E-state index in [1.54, 1.807) is 31.2 Å². The minimum Gasteiger partial charge on any atom is -0.273 e. The van der Waals surface area contributed by atoms with Crippen molar-refractivity contribution in [2.75, 3.05) is 5.43 Å². The molecule has 0 aliphatic rings. The maximum atomic E-state index is 14.0. The second kappa shape index (κ2) is 6.80. The summed E-state index contributed by atoms with van der Waals surface area (Å²) in [5, 5.41) is -0.362. The predicted octanol–water partition coefficient (Wildman–Crippen LogP) is 2.55. The molecule has 1 heterocycles. The van der Waals surface area contributed by atoms with Crippen LogP contribution in [0, 0.1) is 11.6 Å². The zero-order valence-corrected chi connectivity index (χ0v) is 13.4. The van der Waals surface area contributed by atoms with Crippen LogP contribution in [0.3, 0.4) is 0 Å². The first-order valence-corrected chi connectivity index (χ1v) is 7.74. The molecule has 0 aliphatic heterocycles. The SMILES string of the molecule is CCc1nc2cc(F)cc(F)c2c(=O)n1NC(=O)Cc1ccccc1. The lowest BCUT2D eigenvalue weighted by molar-refractivity contribution is -0.116. The molecule has 3 aromatic rings. The van der Waals surface area contributed by atoms with Gasteiger partial charge >= 0.3 is 0 Å². The van der Waals surface area contributed by atoms with Crippen LogP contribution in [0.5, 0.6) is 0 Å². The Labute approximate surface area is 141 Å². The number of hydrogen-bond acceptors (Lipinski definition) is 3. The summed E-state index contributed by atoms with van der Waals surface area (Å²) in [6.45, 7) is 1.73. The fraction of sp³-hybridized carbons (Fsp3) is 0.167. The van der Waals surface area contributed by atoms with Gasteiger partial charge in [0.2, 0.25) is 5.91 Å². The third kappa shape index (κ3) is 3.40. The predicted molar refractivity (Wildman–Crippen MR) is 89.8 cm³/mol. The Morgan fingerprint density at radius 1 is 1.20 bits per heavy atom. The summed E-state index contributed by atoms with van der Waals surface area (Å²) in [5.41, 5.74) is 2.37. The number of carbonyl (C=O) groups is 1. The van der Waals surface area contributed by atoms with E-state index >= 15 is 0 Å². The molecule has 1 amide bonds. The summed E-state index contributed by atoms with van der Waals surface area (Å²) in [5.74, 6) is -2.05. The van der Waals surface area contributed by atoms with Gasteiger partial charge in [-0.2, -0.15) is 0 Å². The van der Waals surface area contributed by atoms with E-state index < -0.39 is 23.1 Å². The molecule has 0 radical (unpaired) electrons. The number of fused-ring (bicyclic) bond motifs is 1. The monoisotopic (exact) mass is 343 g/mol. The van der Waals surface area contributed by atoms with Gasteiger partial charge in [0.1, 0.15) is 22.8 Å². The van der Waals surface area contributed by atoms with E-state index in [9.17, 15) is 18.4 Å². The molecule has 0 saturated carbocycles. The molecule has 7 heteroatoms. The summed E-state index contributed by atoms with van der Waals surface area (Å²) in [6, 6.07) is 10.6. The van der Waals surface area contributed by atoms with Crippen molar-refractivity contribution < 1.29 is 13.6 Å². The fourth-order valence-corrected chi connectivity index (χ4v) is 2.58. The molecule has 128 valence electrons. The largest absolute Gasteiger partial charge is 0.283 e. The van der Waals surface area contributed by atoms with Crippen molar-refractivity contribution >= 4 is 16.8 Å². The second-order valence-electron chi connectivity index (χ2n) is 5.50. The van der Waals surface area contributed by atoms with Crippen molar-refractivity contribution in [2.45, 2.75) is 19.8 Å². The first-order valence-electron chi connectivity index (χ1n) is 7.74. The van der Waals surface area contributed by atoms with Gasteiger partial charge in [-0.15, -0.1) is 0 Å². The number of carbonyl (C=O) groups excluding carboxylic acids is 1. The van der Waals surface area contributed by atoms with Crippen molar-refractivity contribution in [2.24, 2.45) is 0 Å². The highest BCUT2D eigenvalue weighted by atomic mass is 19.1. The van der Waals surface area contributed by atoms with Gasteiger partial charge in [-0.3, -0.25) is 15.0 Å². The molecule has 0 aliphatic carbocycles. The average molecular weight is 343 g/mol. The minimum absolute atomic E-state index is 0.0559. The molecule has 2 aromatic carbocycles. The van der Waals surface area contributed by atoms with Gasteiger partial charge in [0, 0.05) is 18.6 Å². The minimum atomic E-state index is -1.01. The highest BCUT2D eigenvalue weighted by Gasteiger charge is 2.16. The standard InChI is InChI=1S/C18H15F2N3O2/c1-2-15-21-14-10-12(19)9-13(20)17(14)18(25)23(15)22-16(24)8-11-6-4-3-5-7-11/h3-7,9-10H,2,8H2,1H3,(H,22,24). The molecule has 25 heavy (non-hydrogen) atoms. The Kier molecular flexibility index (Phi) is 4.56. The van der Waals surface area contributed by atoms with E-state index in [0.717, 1.165) is 16.3 Å². The van der Waals surface area contributed by atoms with Crippen molar-refractivity contribution in [3.05, 3.63) is 75.8 Å². The van der Waals surface area contributed by atoms with Crippen LogP contribution in [-0.4, -0.2) is 15.6 Å². The highest BCUT2D eigenvalue weighted by Crippen LogP contribution is 2.15. The van der Waals surface area contributed by atoms with Crippen LogP contribution in [0.1, 0.15) is 18.3 Å². The number of hydrogen-bond donors (Lipinski definition) is 1. The number of halogens is 2. The third-order valence-corrected chi connectivity index (χ3v) is 3.72. The van der Waals surface area contributed by atoms with Crippen molar-refractivity contribution in [1.29, 1.82) is 0 Å². The molecule has 1 N–H and O–H groups in total. The summed E-state index contributed by atoms with van der Waals surface area (Å²) in [6.07, 6.45) is 0.356. The summed E-state index contributed by atoms with van der Waals surface area (Å²) < 4.78 is 28.3. The van der Waals surface area contributed by atoms with E-state index in [2.05, 4.69) is 10.4 Å². The molecule has 5 nitrogen and oxygen atoms in total. The van der Waals surface area contributed by atoms with Gasteiger partial charge in [0.05, 0.1) is 11.9 Å². The second-order valence-corrected chi connectivity index (χ2v) is 5.50. The number of rotatable bonds is 4. The summed E-state index contributed by atoms with van der Waals surface area (Å²) >= 11 is 0. The van der Waals surface area contributed by atoms with Crippen molar-refractivity contribution in [1.82, 2.24) is 9.66 Å². The van der Waals surface area contributed by atoms with E-state index in [-0.39, 0.29) is 23.1 Å². The fourth-order valence-electron chi connectivity index (χ4n) is 2.58. The first-order chi connectivity index (χ1) is 12.0. The van der Waals surface area contributed by atoms with Gasteiger partial charge < -0.3 is 0 Å². The van der Waals surface area contributed by atoms with Crippen LogP contribution in [0.4, 0.5) is 8.78 Å². The summed E-state index contributed by atoms with van der Waals surface area (Å²) in [4.78, 5) is 28.9. The molecule has 0 spiro atoms. The number of amides is 1. The maximum Gasteiger partial charge on any atom is 0.283 e. The number of aromatic nitrogens is 2. The zero-order valence-electron chi connectivity index (χ0n) is 13.4. The molecule has 0 bridgehead atoms. The number of benzene rings is 2. The zero-order chi connectivity index (χ0) is 18.0. The third-order valence-electron chi connectivity index (χ3n) is 3.72. The molecule has 3 rings (SSSR count). The molecule has 0 unspecified atom stereocenters. The van der Waals surface area contributed by atoms with Gasteiger partial charge in [0.25, 0.3) is 5.56 Å². The van der Waals surface area contributed by atoms with Crippen LogP contribution in [0.15, 0.2) is 47.3 Å². The molecular formula is C18H15F2N3O2. The van der Waals surface area contributed by atoms with Crippen LogP contribution in [0.2, 0.25) is 0 Å². The smallest absolute Gasteiger partial charge is 0.273 e. The van der Waals surface area contributed by atoms with Gasteiger partial charge in [-0.05, 0) is 5.56 Å². The normalized spacial score (nSPS) is 10.8. The lowest BCUT2D eigenvalue weighted by Gasteiger charge is -2.14. The maximum absolute atomic E-state index is 14.0. The lowest BCUT2D eigenvalue weighted by atomic mass is 10.1. The van der Waals surface area contributed by atoms with E-state index in [0.29, 0.717) is 12.5 Å². The molecule has 0 atom stereocenters. The van der Waals surface area contributed by atoms with Crippen LogP contribution in [0.25, 0.3) is 10.9 Å². The Bertz CT molecular complexity index is 1000. The Balaban J connectivity index is 2.02. The van der Waals surface area contributed by atoms with E-state index in [1.165, 1.54) is 0 Å².